The number of primary amides is 1. The van der Waals surface area contributed by atoms with Gasteiger partial charge in [0.2, 0.25) is 5.91 Å². The van der Waals surface area contributed by atoms with Crippen molar-refractivity contribution in [3.05, 3.63) is 35.4 Å². The predicted octanol–water partition coefficient (Wildman–Crippen LogP) is 1.68. The molecule has 1 aromatic carbocycles. The van der Waals surface area contributed by atoms with Gasteiger partial charge in [0, 0.05) is 18.1 Å². The first-order valence-corrected chi connectivity index (χ1v) is 5.25. The highest BCUT2D eigenvalue weighted by atomic mass is 16.5. The molecule has 2 N–H and O–H groups in total. The minimum atomic E-state index is -0.351. The van der Waals surface area contributed by atoms with Crippen molar-refractivity contribution >= 4 is 5.91 Å². The molecular formula is C12H15NO2. The van der Waals surface area contributed by atoms with Crippen LogP contribution < -0.4 is 5.73 Å². The fourth-order valence-electron chi connectivity index (χ4n) is 2.06. The molecule has 0 aliphatic carbocycles. The van der Waals surface area contributed by atoms with Crippen LogP contribution in [0.3, 0.4) is 0 Å². The molecule has 0 saturated carbocycles. The molecule has 0 bridgehead atoms. The summed E-state index contributed by atoms with van der Waals surface area (Å²) in [6.07, 6.45) is 2.13. The number of benzene rings is 1. The van der Waals surface area contributed by atoms with Crippen molar-refractivity contribution in [3.63, 3.8) is 0 Å². The largest absolute Gasteiger partial charge is 0.381 e. The van der Waals surface area contributed by atoms with E-state index in [0.29, 0.717) is 18.1 Å². The second-order valence-electron chi connectivity index (χ2n) is 3.87. The van der Waals surface area contributed by atoms with Crippen LogP contribution in [0.1, 0.15) is 34.7 Å². The van der Waals surface area contributed by atoms with Crippen LogP contribution in [0.4, 0.5) is 0 Å². The third-order valence-corrected chi connectivity index (χ3v) is 2.83. The second kappa shape index (κ2) is 4.45. The number of nitrogens with two attached hydrogens (primary N) is 1. The van der Waals surface area contributed by atoms with Crippen LogP contribution in [-0.2, 0) is 4.74 Å². The Hall–Kier alpha value is -1.35. The third-order valence-electron chi connectivity index (χ3n) is 2.83. The molecule has 1 atom stereocenters. The van der Waals surface area contributed by atoms with Crippen molar-refractivity contribution in [1.82, 2.24) is 0 Å². The first-order valence-electron chi connectivity index (χ1n) is 5.25. The average Bonchev–Trinajstić information content (AvgIpc) is 2.30. The van der Waals surface area contributed by atoms with Crippen LogP contribution in [0.25, 0.3) is 0 Å². The number of carbonyl (C=O) groups excluding carboxylic acids is 1. The van der Waals surface area contributed by atoms with Gasteiger partial charge in [-0.2, -0.15) is 0 Å². The van der Waals surface area contributed by atoms with E-state index >= 15 is 0 Å². The number of hydrogen-bond donors (Lipinski definition) is 1. The number of rotatable bonds is 2. The molecule has 80 valence electrons. The summed E-state index contributed by atoms with van der Waals surface area (Å²) in [7, 11) is 0. The van der Waals surface area contributed by atoms with Crippen LogP contribution in [0.15, 0.2) is 24.3 Å². The lowest BCUT2D eigenvalue weighted by Gasteiger charge is -2.23. The zero-order chi connectivity index (χ0) is 10.7. The molecule has 1 aliphatic rings. The molecule has 0 unspecified atom stereocenters. The summed E-state index contributed by atoms with van der Waals surface area (Å²) in [6.45, 7) is 1.53. The number of carbonyl (C=O) groups is 1. The molecule has 1 heterocycles. The van der Waals surface area contributed by atoms with E-state index in [1.54, 1.807) is 6.07 Å². The van der Waals surface area contributed by atoms with Crippen LogP contribution >= 0.6 is 0 Å². The molecule has 1 aliphatic heterocycles. The molecule has 0 radical (unpaired) electrons. The normalized spacial score (nSPS) is 21.2. The highest BCUT2D eigenvalue weighted by Gasteiger charge is 2.20. The molecule has 0 spiro atoms. The maximum atomic E-state index is 11.2. The quantitative estimate of drug-likeness (QED) is 0.798. The fraction of sp³-hybridized carbons (Fsp3) is 0.417. The molecule has 1 amide bonds. The Morgan fingerprint density at radius 1 is 1.40 bits per heavy atom. The Balaban J connectivity index is 2.29. The van der Waals surface area contributed by atoms with Crippen LogP contribution in [-0.4, -0.2) is 19.1 Å². The zero-order valence-electron chi connectivity index (χ0n) is 8.61. The molecular weight excluding hydrogens is 190 g/mol. The van der Waals surface area contributed by atoms with E-state index in [1.807, 2.05) is 18.2 Å². The van der Waals surface area contributed by atoms with E-state index in [0.717, 1.165) is 25.0 Å². The van der Waals surface area contributed by atoms with Gasteiger partial charge in [0.05, 0.1) is 6.61 Å². The Bertz CT molecular complexity index is 356. The predicted molar refractivity (Wildman–Crippen MR) is 57.8 cm³/mol. The lowest BCUT2D eigenvalue weighted by molar-refractivity contribution is 0.0797. The van der Waals surface area contributed by atoms with Gasteiger partial charge in [0.1, 0.15) is 0 Å². The monoisotopic (exact) mass is 205 g/mol. The van der Waals surface area contributed by atoms with Gasteiger partial charge in [0.15, 0.2) is 0 Å². The van der Waals surface area contributed by atoms with Gasteiger partial charge in [0.25, 0.3) is 0 Å². The van der Waals surface area contributed by atoms with Gasteiger partial charge in [-0.1, -0.05) is 18.2 Å². The molecule has 2 rings (SSSR count). The summed E-state index contributed by atoms with van der Waals surface area (Å²) >= 11 is 0. The van der Waals surface area contributed by atoms with Crippen molar-refractivity contribution in [3.8, 4) is 0 Å². The van der Waals surface area contributed by atoms with Gasteiger partial charge in [-0.3, -0.25) is 4.79 Å². The summed E-state index contributed by atoms with van der Waals surface area (Å²) in [5.41, 5.74) is 7.01. The Morgan fingerprint density at radius 3 is 2.87 bits per heavy atom. The van der Waals surface area contributed by atoms with Gasteiger partial charge >= 0.3 is 0 Å². The van der Waals surface area contributed by atoms with E-state index in [-0.39, 0.29) is 5.91 Å². The molecule has 3 nitrogen and oxygen atoms in total. The van der Waals surface area contributed by atoms with E-state index in [1.165, 1.54) is 0 Å². The number of amides is 1. The number of hydrogen-bond acceptors (Lipinski definition) is 2. The van der Waals surface area contributed by atoms with Crippen LogP contribution in [0.2, 0.25) is 0 Å². The highest BCUT2D eigenvalue weighted by molar-refractivity contribution is 5.94. The van der Waals surface area contributed by atoms with Crippen LogP contribution in [0.5, 0.6) is 0 Å². The summed E-state index contributed by atoms with van der Waals surface area (Å²) in [4.78, 5) is 11.2. The molecule has 1 aromatic rings. The molecule has 1 fully saturated rings. The first-order chi connectivity index (χ1) is 7.29. The summed E-state index contributed by atoms with van der Waals surface area (Å²) < 4.78 is 5.42. The highest BCUT2D eigenvalue weighted by Crippen LogP contribution is 2.27. The fourth-order valence-corrected chi connectivity index (χ4v) is 2.06. The van der Waals surface area contributed by atoms with Crippen molar-refractivity contribution in [2.24, 2.45) is 5.73 Å². The van der Waals surface area contributed by atoms with Gasteiger partial charge < -0.3 is 10.5 Å². The van der Waals surface area contributed by atoms with E-state index in [4.69, 9.17) is 10.5 Å². The van der Waals surface area contributed by atoms with E-state index in [2.05, 4.69) is 0 Å². The van der Waals surface area contributed by atoms with Crippen molar-refractivity contribution in [2.75, 3.05) is 13.2 Å². The number of ether oxygens (including phenoxy) is 1. The molecule has 0 aromatic heterocycles. The minimum Gasteiger partial charge on any atom is -0.381 e. The summed E-state index contributed by atoms with van der Waals surface area (Å²) in [5, 5.41) is 0. The van der Waals surface area contributed by atoms with E-state index in [9.17, 15) is 4.79 Å². The summed E-state index contributed by atoms with van der Waals surface area (Å²) in [5.74, 6) is -0.0291. The van der Waals surface area contributed by atoms with E-state index < -0.39 is 0 Å². The Morgan fingerprint density at radius 2 is 2.20 bits per heavy atom. The lowest BCUT2D eigenvalue weighted by atomic mass is 9.90. The molecule has 15 heavy (non-hydrogen) atoms. The van der Waals surface area contributed by atoms with Gasteiger partial charge in [-0.15, -0.1) is 0 Å². The van der Waals surface area contributed by atoms with Crippen molar-refractivity contribution in [2.45, 2.75) is 18.8 Å². The summed E-state index contributed by atoms with van der Waals surface area (Å²) in [6, 6.07) is 7.54. The molecule has 1 saturated heterocycles. The maximum Gasteiger partial charge on any atom is 0.248 e. The smallest absolute Gasteiger partial charge is 0.248 e. The second-order valence-corrected chi connectivity index (χ2v) is 3.87. The first kappa shape index (κ1) is 10.2. The van der Waals surface area contributed by atoms with Crippen LogP contribution in [0, 0.1) is 0 Å². The van der Waals surface area contributed by atoms with Gasteiger partial charge in [-0.05, 0) is 24.5 Å². The molecule has 3 heteroatoms. The Kier molecular flexibility index (Phi) is 3.02. The third kappa shape index (κ3) is 2.18. The minimum absolute atomic E-state index is 0.322. The van der Waals surface area contributed by atoms with Crippen molar-refractivity contribution in [1.29, 1.82) is 0 Å². The average molecular weight is 205 g/mol. The lowest BCUT2D eigenvalue weighted by Crippen LogP contribution is -2.20. The standard InChI is InChI=1S/C12H15NO2/c13-12(14)11-6-2-1-5-10(11)9-4-3-7-15-8-9/h1-2,5-6,9H,3-4,7-8H2,(H2,13,14)/t9-/m0/s1. The Labute approximate surface area is 89.2 Å². The zero-order valence-corrected chi connectivity index (χ0v) is 8.61. The topological polar surface area (TPSA) is 52.3 Å². The van der Waals surface area contributed by atoms with Crippen molar-refractivity contribution < 1.29 is 9.53 Å². The maximum absolute atomic E-state index is 11.2. The van der Waals surface area contributed by atoms with Gasteiger partial charge in [-0.25, -0.2) is 0 Å². The SMILES string of the molecule is NC(=O)c1ccccc1[C@H]1CCCOC1.